The number of rotatable bonds is 1. The van der Waals surface area contributed by atoms with Crippen LogP contribution in [0.3, 0.4) is 0 Å². The zero-order valence-corrected chi connectivity index (χ0v) is 10.3. The Morgan fingerprint density at radius 2 is 1.79 bits per heavy atom. The van der Waals surface area contributed by atoms with Crippen LogP contribution >= 0.6 is 0 Å². The van der Waals surface area contributed by atoms with Gasteiger partial charge >= 0.3 is 6.18 Å². The number of hydrogen-bond donors (Lipinski definition) is 1. The molecule has 5 heteroatoms. The summed E-state index contributed by atoms with van der Waals surface area (Å²) < 4.78 is 42.6. The monoisotopic (exact) mass is 269 g/mol. The van der Waals surface area contributed by atoms with Crippen molar-refractivity contribution in [3.63, 3.8) is 0 Å². The van der Waals surface area contributed by atoms with Gasteiger partial charge in [0.1, 0.15) is 5.58 Å². The largest absolute Gasteiger partial charge is 0.452 e. The van der Waals surface area contributed by atoms with Crippen molar-refractivity contribution in [2.45, 2.75) is 37.4 Å². The summed E-state index contributed by atoms with van der Waals surface area (Å²) in [6.07, 6.45) is -0.570. The number of nitrogens with two attached hydrogens (primary N) is 1. The molecule has 0 aliphatic heterocycles. The van der Waals surface area contributed by atoms with E-state index in [0.717, 1.165) is 37.3 Å². The Morgan fingerprint density at radius 3 is 2.42 bits per heavy atom. The van der Waals surface area contributed by atoms with Crippen molar-refractivity contribution in [2.75, 3.05) is 0 Å². The molecule has 1 aromatic carbocycles. The van der Waals surface area contributed by atoms with E-state index < -0.39 is 17.5 Å². The minimum absolute atomic E-state index is 0.248. The summed E-state index contributed by atoms with van der Waals surface area (Å²) in [4.78, 5) is 0. The Balaban J connectivity index is 2.06. The SMILES string of the molecule is NC1(c2ccc3oc(C(F)(F)F)cc3c2)CCCC1. The summed E-state index contributed by atoms with van der Waals surface area (Å²) in [5, 5.41) is 0.460. The normalized spacial score (nSPS) is 19.2. The minimum atomic E-state index is -4.45. The van der Waals surface area contributed by atoms with Crippen molar-refractivity contribution in [2.24, 2.45) is 5.73 Å². The first kappa shape index (κ1) is 12.5. The first-order chi connectivity index (χ1) is 8.88. The number of benzene rings is 1. The Morgan fingerprint density at radius 1 is 1.11 bits per heavy atom. The minimum Gasteiger partial charge on any atom is -0.452 e. The Labute approximate surface area is 108 Å². The molecule has 3 rings (SSSR count). The fourth-order valence-corrected chi connectivity index (χ4v) is 2.79. The maximum atomic E-state index is 12.6. The second-order valence-electron chi connectivity index (χ2n) is 5.22. The molecule has 1 aliphatic carbocycles. The van der Waals surface area contributed by atoms with Gasteiger partial charge in [-0.2, -0.15) is 13.2 Å². The molecular weight excluding hydrogens is 255 g/mol. The number of furan rings is 1. The quantitative estimate of drug-likeness (QED) is 0.843. The maximum absolute atomic E-state index is 12.6. The third-order valence-electron chi connectivity index (χ3n) is 3.87. The van der Waals surface area contributed by atoms with Gasteiger partial charge in [0.25, 0.3) is 0 Å². The molecule has 2 nitrogen and oxygen atoms in total. The molecule has 1 aliphatic rings. The number of halogens is 3. The molecule has 0 amide bonds. The predicted octanol–water partition coefficient (Wildman–Crippen LogP) is 4.18. The van der Waals surface area contributed by atoms with Crippen LogP contribution in [-0.2, 0) is 11.7 Å². The average Bonchev–Trinajstić information content (AvgIpc) is 2.93. The van der Waals surface area contributed by atoms with Crippen molar-refractivity contribution in [3.05, 3.63) is 35.6 Å². The van der Waals surface area contributed by atoms with Gasteiger partial charge in [-0.3, -0.25) is 0 Å². The van der Waals surface area contributed by atoms with E-state index in [1.807, 2.05) is 0 Å². The lowest BCUT2D eigenvalue weighted by Crippen LogP contribution is -2.32. The molecule has 1 heterocycles. The van der Waals surface area contributed by atoms with Crippen LogP contribution < -0.4 is 5.73 Å². The van der Waals surface area contributed by atoms with Crippen LogP contribution in [-0.4, -0.2) is 0 Å². The van der Waals surface area contributed by atoms with Crippen LogP contribution in [0.25, 0.3) is 11.0 Å². The summed E-state index contributed by atoms with van der Waals surface area (Å²) in [6, 6.07) is 6.11. The van der Waals surface area contributed by atoms with Crippen molar-refractivity contribution < 1.29 is 17.6 Å². The summed E-state index contributed by atoms with van der Waals surface area (Å²) in [6.45, 7) is 0. The molecule has 19 heavy (non-hydrogen) atoms. The Bertz CT molecular complexity index is 609. The van der Waals surface area contributed by atoms with Gasteiger partial charge in [0.2, 0.25) is 5.76 Å². The molecular formula is C14H14F3NO. The number of hydrogen-bond acceptors (Lipinski definition) is 2. The van der Waals surface area contributed by atoms with E-state index in [9.17, 15) is 13.2 Å². The van der Waals surface area contributed by atoms with Crippen LogP contribution in [0.5, 0.6) is 0 Å². The van der Waals surface area contributed by atoms with Gasteiger partial charge in [-0.05, 0) is 36.6 Å². The van der Waals surface area contributed by atoms with E-state index >= 15 is 0 Å². The van der Waals surface area contributed by atoms with Gasteiger partial charge in [0.15, 0.2) is 0 Å². The lowest BCUT2D eigenvalue weighted by molar-refractivity contribution is -0.152. The molecule has 1 saturated carbocycles. The van der Waals surface area contributed by atoms with Crippen LogP contribution in [0.4, 0.5) is 13.2 Å². The molecule has 1 fully saturated rings. The molecule has 0 unspecified atom stereocenters. The van der Waals surface area contributed by atoms with Crippen LogP contribution in [0.1, 0.15) is 37.0 Å². The van der Waals surface area contributed by atoms with Crippen molar-refractivity contribution in [3.8, 4) is 0 Å². The molecule has 2 aromatic rings. The summed E-state index contributed by atoms with van der Waals surface area (Å²) in [7, 11) is 0. The van der Waals surface area contributed by atoms with Crippen LogP contribution in [0.2, 0.25) is 0 Å². The van der Waals surface area contributed by atoms with Crippen molar-refractivity contribution in [1.29, 1.82) is 0 Å². The maximum Gasteiger partial charge on any atom is 0.449 e. The molecule has 102 valence electrons. The lowest BCUT2D eigenvalue weighted by atomic mass is 9.89. The Hall–Kier alpha value is -1.49. The highest BCUT2D eigenvalue weighted by Crippen LogP contribution is 2.39. The zero-order chi connectivity index (χ0) is 13.7. The fourth-order valence-electron chi connectivity index (χ4n) is 2.79. The third-order valence-corrected chi connectivity index (χ3v) is 3.87. The summed E-state index contributed by atoms with van der Waals surface area (Å²) in [5.74, 6) is -0.961. The first-order valence-electron chi connectivity index (χ1n) is 6.29. The fraction of sp³-hybridized carbons (Fsp3) is 0.429. The molecule has 2 N–H and O–H groups in total. The molecule has 0 radical (unpaired) electrons. The van der Waals surface area contributed by atoms with Gasteiger partial charge in [-0.15, -0.1) is 0 Å². The van der Waals surface area contributed by atoms with E-state index in [4.69, 9.17) is 10.2 Å². The van der Waals surface area contributed by atoms with Gasteiger partial charge < -0.3 is 10.2 Å². The molecule has 1 aromatic heterocycles. The third kappa shape index (κ3) is 2.12. The first-order valence-corrected chi connectivity index (χ1v) is 6.29. The van der Waals surface area contributed by atoms with Gasteiger partial charge in [0.05, 0.1) is 0 Å². The van der Waals surface area contributed by atoms with E-state index in [1.54, 1.807) is 18.2 Å². The predicted molar refractivity (Wildman–Crippen MR) is 65.5 cm³/mol. The van der Waals surface area contributed by atoms with Gasteiger partial charge in [-0.1, -0.05) is 18.9 Å². The second kappa shape index (κ2) is 4.00. The molecule has 0 saturated heterocycles. The molecule has 0 atom stereocenters. The van der Waals surface area contributed by atoms with E-state index in [-0.39, 0.29) is 5.58 Å². The van der Waals surface area contributed by atoms with Crippen molar-refractivity contribution in [1.82, 2.24) is 0 Å². The highest BCUT2D eigenvalue weighted by molar-refractivity contribution is 5.79. The standard InChI is InChI=1S/C14H14F3NO/c15-14(16,17)12-8-9-7-10(3-4-11(9)19-12)13(18)5-1-2-6-13/h3-4,7-8H,1-2,5-6,18H2. The summed E-state index contributed by atoms with van der Waals surface area (Å²) >= 11 is 0. The second-order valence-corrected chi connectivity index (χ2v) is 5.22. The number of fused-ring (bicyclic) bond motifs is 1. The van der Waals surface area contributed by atoms with E-state index in [0.29, 0.717) is 5.39 Å². The van der Waals surface area contributed by atoms with Gasteiger partial charge in [-0.25, -0.2) is 0 Å². The molecule has 0 bridgehead atoms. The highest BCUT2D eigenvalue weighted by atomic mass is 19.4. The molecule has 0 spiro atoms. The van der Waals surface area contributed by atoms with Crippen LogP contribution in [0, 0.1) is 0 Å². The smallest absolute Gasteiger partial charge is 0.449 e. The zero-order valence-electron chi connectivity index (χ0n) is 10.3. The van der Waals surface area contributed by atoms with Crippen LogP contribution in [0.15, 0.2) is 28.7 Å². The number of alkyl halides is 3. The lowest BCUT2D eigenvalue weighted by Gasteiger charge is -2.24. The van der Waals surface area contributed by atoms with Crippen molar-refractivity contribution >= 4 is 11.0 Å². The summed E-state index contributed by atoms with van der Waals surface area (Å²) in [5.41, 5.74) is 7.06. The van der Waals surface area contributed by atoms with E-state index in [1.165, 1.54) is 0 Å². The average molecular weight is 269 g/mol. The van der Waals surface area contributed by atoms with E-state index in [2.05, 4.69) is 0 Å². The topological polar surface area (TPSA) is 39.2 Å². The Kier molecular flexibility index (Phi) is 2.64. The highest BCUT2D eigenvalue weighted by Gasteiger charge is 2.36. The van der Waals surface area contributed by atoms with Gasteiger partial charge in [0, 0.05) is 10.9 Å².